The number of amides is 1. The summed E-state index contributed by atoms with van der Waals surface area (Å²) in [5.74, 6) is 0.105. The van der Waals surface area contributed by atoms with Crippen molar-refractivity contribution >= 4 is 17.7 Å². The van der Waals surface area contributed by atoms with Crippen LogP contribution < -0.4 is 0 Å². The van der Waals surface area contributed by atoms with Crippen LogP contribution in [-0.2, 0) is 4.79 Å². The van der Waals surface area contributed by atoms with Crippen LogP contribution in [0.4, 0.5) is 8.78 Å². The van der Waals surface area contributed by atoms with Gasteiger partial charge in [0, 0.05) is 13.0 Å². The number of thioether (sulfide) groups is 1. The maximum absolute atomic E-state index is 14.4. The lowest BCUT2D eigenvalue weighted by Crippen LogP contribution is -2.33. The van der Waals surface area contributed by atoms with Crippen molar-refractivity contribution in [2.75, 3.05) is 18.6 Å². The molecule has 0 radical (unpaired) electrons. The van der Waals surface area contributed by atoms with Crippen molar-refractivity contribution in [1.29, 1.82) is 0 Å². The molecule has 1 N–H and O–H groups in total. The Morgan fingerprint density at radius 2 is 2.12 bits per heavy atom. The van der Waals surface area contributed by atoms with Gasteiger partial charge >= 0.3 is 0 Å². The van der Waals surface area contributed by atoms with Crippen LogP contribution in [0, 0.1) is 0 Å². The van der Waals surface area contributed by atoms with E-state index in [-0.39, 0.29) is 11.5 Å². The summed E-state index contributed by atoms with van der Waals surface area (Å²) in [5, 5.41) is 9.97. The standard InChI is InChI=1S/C19H25F2NO2S/c1-25-12-6-5-11-22-15(9-10-17(22)23)13-16(20)19(24)18(21)14-7-3-2-4-8-14/h2-4,7-8,13,15,18-19,24H,5-6,9-12H2,1H3/t15-,18?,19?/m1/s1. The number of alkyl halides is 1. The minimum Gasteiger partial charge on any atom is -0.383 e. The molecule has 0 aliphatic carbocycles. The minimum atomic E-state index is -1.85. The Balaban J connectivity index is 1.99. The number of unbranched alkanes of at least 4 members (excludes halogenated alkanes) is 1. The summed E-state index contributed by atoms with van der Waals surface area (Å²) in [6.45, 7) is 0.571. The zero-order chi connectivity index (χ0) is 18.2. The topological polar surface area (TPSA) is 40.5 Å². The van der Waals surface area contributed by atoms with Gasteiger partial charge in [-0.25, -0.2) is 8.78 Å². The maximum Gasteiger partial charge on any atom is 0.223 e. The van der Waals surface area contributed by atoms with E-state index in [1.54, 1.807) is 34.9 Å². The summed E-state index contributed by atoms with van der Waals surface area (Å²) in [6.07, 6.45) is 2.28. The van der Waals surface area contributed by atoms with Gasteiger partial charge in [0.2, 0.25) is 5.91 Å². The van der Waals surface area contributed by atoms with Crippen molar-refractivity contribution in [3.05, 3.63) is 47.8 Å². The van der Waals surface area contributed by atoms with Crippen molar-refractivity contribution in [2.24, 2.45) is 0 Å². The third kappa shape index (κ3) is 5.54. The largest absolute Gasteiger partial charge is 0.383 e. The van der Waals surface area contributed by atoms with Gasteiger partial charge in [0.15, 0.2) is 6.17 Å². The normalized spacial score (nSPS) is 20.8. The number of likely N-dealkylation sites (tertiary alicyclic amines) is 1. The lowest BCUT2D eigenvalue weighted by atomic mass is 10.0. The van der Waals surface area contributed by atoms with Crippen LogP contribution in [0.2, 0.25) is 0 Å². The highest BCUT2D eigenvalue weighted by molar-refractivity contribution is 7.98. The number of carbonyl (C=O) groups excluding carboxylic acids is 1. The van der Waals surface area contributed by atoms with Gasteiger partial charge in [-0.15, -0.1) is 0 Å². The first-order valence-corrected chi connectivity index (χ1v) is 9.96. The molecule has 138 valence electrons. The molecule has 2 unspecified atom stereocenters. The quantitative estimate of drug-likeness (QED) is 0.668. The zero-order valence-corrected chi connectivity index (χ0v) is 15.2. The smallest absolute Gasteiger partial charge is 0.223 e. The van der Waals surface area contributed by atoms with Crippen LogP contribution in [-0.4, -0.2) is 46.6 Å². The molecule has 1 saturated heterocycles. The summed E-state index contributed by atoms with van der Waals surface area (Å²) in [6, 6.07) is 7.63. The number of hydrogen-bond acceptors (Lipinski definition) is 3. The Bertz CT molecular complexity index is 582. The first kappa shape index (κ1) is 19.9. The first-order valence-electron chi connectivity index (χ1n) is 8.57. The molecule has 1 aliphatic rings. The Morgan fingerprint density at radius 1 is 1.40 bits per heavy atom. The molecule has 3 atom stereocenters. The van der Waals surface area contributed by atoms with Gasteiger partial charge in [-0.2, -0.15) is 11.8 Å². The van der Waals surface area contributed by atoms with Crippen molar-refractivity contribution in [3.8, 4) is 0 Å². The van der Waals surface area contributed by atoms with E-state index >= 15 is 0 Å². The summed E-state index contributed by atoms with van der Waals surface area (Å²) in [4.78, 5) is 13.6. The molecule has 1 fully saturated rings. The lowest BCUT2D eigenvalue weighted by molar-refractivity contribution is -0.128. The lowest BCUT2D eigenvalue weighted by Gasteiger charge is -2.23. The fourth-order valence-electron chi connectivity index (χ4n) is 2.99. The molecule has 0 aromatic heterocycles. The van der Waals surface area contributed by atoms with Crippen LogP contribution in [0.3, 0.4) is 0 Å². The van der Waals surface area contributed by atoms with Crippen molar-refractivity contribution < 1.29 is 18.7 Å². The van der Waals surface area contributed by atoms with Crippen LogP contribution in [0.15, 0.2) is 42.2 Å². The molecule has 25 heavy (non-hydrogen) atoms. The third-order valence-corrected chi connectivity index (χ3v) is 5.10. The average molecular weight is 369 g/mol. The van der Waals surface area contributed by atoms with Gasteiger partial charge in [-0.05, 0) is 42.9 Å². The van der Waals surface area contributed by atoms with Crippen molar-refractivity contribution in [1.82, 2.24) is 4.90 Å². The monoisotopic (exact) mass is 369 g/mol. The SMILES string of the molecule is CSCCCCN1C(=O)CC[C@@H]1C=C(F)C(O)C(F)c1ccccc1. The van der Waals surface area contributed by atoms with Gasteiger partial charge in [0.05, 0.1) is 6.04 Å². The second-order valence-electron chi connectivity index (χ2n) is 6.20. The van der Waals surface area contributed by atoms with Crippen LogP contribution in [0.1, 0.15) is 37.4 Å². The number of benzene rings is 1. The van der Waals surface area contributed by atoms with Crippen molar-refractivity contribution in [3.63, 3.8) is 0 Å². The van der Waals surface area contributed by atoms with Gasteiger partial charge in [-0.1, -0.05) is 30.3 Å². The predicted octanol–water partition coefficient (Wildman–Crippen LogP) is 4.05. The number of aliphatic hydroxyl groups is 1. The first-order chi connectivity index (χ1) is 12.0. The Morgan fingerprint density at radius 3 is 2.80 bits per heavy atom. The Kier molecular flexibility index (Phi) is 7.90. The van der Waals surface area contributed by atoms with Gasteiger partial charge in [0.1, 0.15) is 11.9 Å². The molecular formula is C19H25F2NO2S. The summed E-state index contributed by atoms with van der Waals surface area (Å²) in [7, 11) is 0. The van der Waals surface area contributed by atoms with Crippen molar-refractivity contribution in [2.45, 2.75) is 44.0 Å². The zero-order valence-electron chi connectivity index (χ0n) is 14.4. The summed E-state index contributed by atoms with van der Waals surface area (Å²) < 4.78 is 28.7. The minimum absolute atomic E-state index is 0.00690. The van der Waals surface area contributed by atoms with Gasteiger partial charge in [-0.3, -0.25) is 4.79 Å². The molecule has 1 amide bonds. The number of rotatable bonds is 9. The van der Waals surface area contributed by atoms with E-state index < -0.39 is 24.1 Å². The average Bonchev–Trinajstić information content (AvgIpc) is 2.98. The number of halogens is 2. The number of aliphatic hydroxyl groups excluding tert-OH is 1. The summed E-state index contributed by atoms with van der Waals surface area (Å²) in [5.41, 5.74) is 0.231. The molecule has 0 spiro atoms. The highest BCUT2D eigenvalue weighted by Crippen LogP contribution is 2.29. The van der Waals surface area contributed by atoms with Gasteiger partial charge < -0.3 is 10.0 Å². The molecule has 3 nitrogen and oxygen atoms in total. The van der Waals surface area contributed by atoms with E-state index in [9.17, 15) is 18.7 Å². The molecule has 0 bridgehead atoms. The van der Waals surface area contributed by atoms with E-state index in [2.05, 4.69) is 0 Å². The third-order valence-electron chi connectivity index (χ3n) is 4.40. The predicted molar refractivity (Wildman–Crippen MR) is 97.8 cm³/mol. The number of carbonyl (C=O) groups is 1. The Hall–Kier alpha value is -1.40. The molecule has 1 aliphatic heterocycles. The van der Waals surface area contributed by atoms with Crippen LogP contribution in [0.25, 0.3) is 0 Å². The fourth-order valence-corrected chi connectivity index (χ4v) is 3.48. The fraction of sp³-hybridized carbons (Fsp3) is 0.526. The van der Waals surface area contributed by atoms with E-state index in [4.69, 9.17) is 0 Å². The second-order valence-corrected chi connectivity index (χ2v) is 7.19. The Labute approximate surface area is 152 Å². The highest BCUT2D eigenvalue weighted by atomic mass is 32.2. The van der Waals surface area contributed by atoms with E-state index in [1.807, 2.05) is 6.26 Å². The second kappa shape index (κ2) is 9.92. The molecule has 1 aromatic rings. The van der Waals surface area contributed by atoms with Crippen LogP contribution in [0.5, 0.6) is 0 Å². The highest BCUT2D eigenvalue weighted by Gasteiger charge is 2.31. The summed E-state index contributed by atoms with van der Waals surface area (Å²) >= 11 is 1.75. The molecule has 0 saturated carbocycles. The molecular weight excluding hydrogens is 344 g/mol. The molecule has 1 heterocycles. The maximum atomic E-state index is 14.4. The van der Waals surface area contributed by atoms with E-state index in [1.165, 1.54) is 18.2 Å². The number of nitrogens with zero attached hydrogens (tertiary/aromatic N) is 1. The number of hydrogen-bond donors (Lipinski definition) is 1. The molecule has 2 rings (SSSR count). The molecule has 6 heteroatoms. The van der Waals surface area contributed by atoms with E-state index in [0.29, 0.717) is 19.4 Å². The molecule has 1 aromatic carbocycles. The van der Waals surface area contributed by atoms with Gasteiger partial charge in [0.25, 0.3) is 0 Å². The van der Waals surface area contributed by atoms with E-state index in [0.717, 1.165) is 18.6 Å². The van der Waals surface area contributed by atoms with Crippen LogP contribution >= 0.6 is 11.8 Å².